The molecule has 1 aromatic rings. The van der Waals surface area contributed by atoms with Gasteiger partial charge in [0, 0.05) is 12.6 Å². The van der Waals surface area contributed by atoms with Crippen LogP contribution >= 0.6 is 0 Å². The fourth-order valence-electron chi connectivity index (χ4n) is 3.00. The van der Waals surface area contributed by atoms with Crippen LogP contribution < -0.4 is 11.1 Å². The van der Waals surface area contributed by atoms with Crippen molar-refractivity contribution in [2.75, 3.05) is 5.73 Å². The topological polar surface area (TPSA) is 158 Å². The van der Waals surface area contributed by atoms with Gasteiger partial charge in [-0.3, -0.25) is 29.8 Å². The zero-order valence-corrected chi connectivity index (χ0v) is 14.0. The minimum absolute atomic E-state index is 0.0972. The minimum atomic E-state index is -3.04. The molecule has 2 rings (SSSR count). The van der Waals surface area contributed by atoms with Gasteiger partial charge in [0.15, 0.2) is 17.4 Å². The molecule has 26 heavy (non-hydrogen) atoms. The molecule has 0 radical (unpaired) electrons. The third kappa shape index (κ3) is 2.92. The van der Waals surface area contributed by atoms with Gasteiger partial charge in [-0.25, -0.2) is 0 Å². The average molecular weight is 360 g/mol. The number of benzene rings is 1. The molecule has 0 heterocycles. The monoisotopic (exact) mass is 360 g/mol. The summed E-state index contributed by atoms with van der Waals surface area (Å²) >= 11 is 0. The van der Waals surface area contributed by atoms with E-state index in [1.165, 1.54) is 30.3 Å². The molecular formula is C16H16N4O6. The van der Waals surface area contributed by atoms with E-state index in [1.54, 1.807) is 0 Å². The fourth-order valence-corrected chi connectivity index (χ4v) is 3.00. The normalized spacial score (nSPS) is 18.3. The van der Waals surface area contributed by atoms with Crippen molar-refractivity contribution in [2.45, 2.75) is 19.5 Å². The first-order chi connectivity index (χ1) is 12.1. The van der Waals surface area contributed by atoms with Crippen molar-refractivity contribution in [3.05, 3.63) is 67.9 Å². The highest BCUT2D eigenvalue weighted by molar-refractivity contribution is 5.95. The van der Waals surface area contributed by atoms with E-state index in [-0.39, 0.29) is 5.57 Å². The van der Waals surface area contributed by atoms with Crippen molar-refractivity contribution in [2.24, 2.45) is 5.92 Å². The molecule has 1 unspecified atom stereocenters. The maximum Gasteiger partial charge on any atom is 0.511 e. The summed E-state index contributed by atoms with van der Waals surface area (Å²) in [5.41, 5.74) is 2.91. The molecule has 1 atom stereocenters. The van der Waals surface area contributed by atoms with Gasteiger partial charge in [-0.15, -0.1) is 0 Å². The molecule has 1 amide bonds. The highest BCUT2D eigenvalue weighted by Crippen LogP contribution is 2.42. The number of rotatable bonds is 5. The Morgan fingerprint density at radius 1 is 1.08 bits per heavy atom. The Bertz CT molecular complexity index is 842. The van der Waals surface area contributed by atoms with Crippen molar-refractivity contribution in [1.82, 2.24) is 5.32 Å². The van der Waals surface area contributed by atoms with Gasteiger partial charge in [0.2, 0.25) is 5.91 Å². The Kier molecular flexibility index (Phi) is 4.87. The lowest BCUT2D eigenvalue weighted by molar-refractivity contribution is -0.789. The largest absolute Gasteiger partial charge is 0.511 e. The maximum atomic E-state index is 12.3. The fraction of sp³-hybridized carbons (Fsp3) is 0.250. The molecule has 10 nitrogen and oxygen atoms in total. The van der Waals surface area contributed by atoms with Crippen molar-refractivity contribution < 1.29 is 19.4 Å². The minimum Gasteiger partial charge on any atom is -0.399 e. The number of nitro groups is 2. The Balaban J connectivity index is 2.80. The molecule has 1 aliphatic rings. The third-order valence-electron chi connectivity index (χ3n) is 4.06. The van der Waals surface area contributed by atoms with E-state index in [0.717, 1.165) is 19.9 Å². The quantitative estimate of drug-likeness (QED) is 0.345. The number of allylic oxidation sites excluding steroid dienone is 2. The van der Waals surface area contributed by atoms with E-state index in [4.69, 9.17) is 5.73 Å². The summed E-state index contributed by atoms with van der Waals surface area (Å²) in [7, 11) is 0. The van der Waals surface area contributed by atoms with E-state index in [0.29, 0.717) is 11.3 Å². The molecule has 1 aromatic carbocycles. The van der Waals surface area contributed by atoms with Gasteiger partial charge < -0.3 is 11.1 Å². The Morgan fingerprint density at radius 3 is 2.04 bits per heavy atom. The van der Waals surface area contributed by atoms with Gasteiger partial charge in [-0.1, -0.05) is 18.2 Å². The Hall–Kier alpha value is -3.56. The zero-order valence-electron chi connectivity index (χ0n) is 14.0. The van der Waals surface area contributed by atoms with Crippen molar-refractivity contribution in [3.8, 4) is 0 Å². The van der Waals surface area contributed by atoms with Gasteiger partial charge in [0.25, 0.3) is 0 Å². The summed E-state index contributed by atoms with van der Waals surface area (Å²) < 4.78 is 0. The van der Waals surface area contributed by atoms with Crippen LogP contribution in [-0.4, -0.2) is 27.2 Å². The van der Waals surface area contributed by atoms with Crippen molar-refractivity contribution in [3.63, 3.8) is 0 Å². The van der Waals surface area contributed by atoms with Crippen molar-refractivity contribution >= 4 is 23.0 Å². The number of hydrogen-bond donors (Lipinski definition) is 2. The highest BCUT2D eigenvalue weighted by Gasteiger charge is 2.70. The number of nitrogens with zero attached hydrogens (tertiary/aromatic N) is 2. The van der Waals surface area contributed by atoms with Crippen LogP contribution in [0.2, 0.25) is 0 Å². The Morgan fingerprint density at radius 2 is 1.62 bits per heavy atom. The summed E-state index contributed by atoms with van der Waals surface area (Å²) in [5, 5.41) is 25.8. The number of hydrogen-bond acceptors (Lipinski definition) is 7. The number of ketones is 1. The molecule has 0 fully saturated rings. The second kappa shape index (κ2) is 6.75. The summed E-state index contributed by atoms with van der Waals surface area (Å²) in [4.78, 5) is 45.0. The van der Waals surface area contributed by atoms with Crippen molar-refractivity contribution in [1.29, 1.82) is 0 Å². The van der Waals surface area contributed by atoms with Crippen LogP contribution in [0.15, 0.2) is 42.1 Å². The lowest BCUT2D eigenvalue weighted by Crippen LogP contribution is -2.60. The average Bonchev–Trinajstić information content (AvgIpc) is 2.53. The first kappa shape index (κ1) is 18.8. The van der Waals surface area contributed by atoms with Crippen LogP contribution in [0.5, 0.6) is 0 Å². The molecule has 136 valence electrons. The van der Waals surface area contributed by atoms with Crippen LogP contribution in [0.25, 0.3) is 5.57 Å². The van der Waals surface area contributed by atoms with Gasteiger partial charge in [0.1, 0.15) is 9.85 Å². The number of nitrogen functional groups attached to an aromatic ring is 1. The van der Waals surface area contributed by atoms with Gasteiger partial charge in [0.05, 0.1) is 0 Å². The predicted molar refractivity (Wildman–Crippen MR) is 91.6 cm³/mol. The number of anilines is 1. The molecule has 0 saturated heterocycles. The summed E-state index contributed by atoms with van der Waals surface area (Å²) in [6.07, 6.45) is 2.44. The molecule has 0 spiro atoms. The van der Waals surface area contributed by atoms with Crippen LogP contribution in [0.3, 0.4) is 0 Å². The van der Waals surface area contributed by atoms with Crippen LogP contribution in [0, 0.1) is 26.1 Å². The molecule has 1 aliphatic carbocycles. The number of Topliss-reactive ketones (excluding diaryl/α,β-unsaturated/α-hetero) is 1. The first-order valence-electron chi connectivity index (χ1n) is 7.47. The molecule has 0 aromatic heterocycles. The standard InChI is InChI=1S/C16H16N4O6/c1-9(21)15-13(11-3-5-12(17)6-4-11)7-8-14(18-10(2)22)16(15,19(23)24)20(25)26/h3-8,15H,17H2,1-2H3,(H,18,22). The van der Waals surface area contributed by atoms with Gasteiger partial charge >= 0.3 is 5.66 Å². The zero-order chi connectivity index (χ0) is 19.6. The molecule has 0 aliphatic heterocycles. The third-order valence-corrected chi connectivity index (χ3v) is 4.06. The lowest BCUT2D eigenvalue weighted by Gasteiger charge is -2.30. The number of amides is 1. The summed E-state index contributed by atoms with van der Waals surface area (Å²) in [5.74, 6) is -3.24. The maximum absolute atomic E-state index is 12.3. The van der Waals surface area contributed by atoms with Crippen LogP contribution in [0.1, 0.15) is 19.4 Å². The number of carbonyl (C=O) groups excluding carboxylic acids is 2. The molecule has 3 N–H and O–H groups in total. The molecule has 0 saturated carbocycles. The molecular weight excluding hydrogens is 344 g/mol. The van der Waals surface area contributed by atoms with E-state index >= 15 is 0 Å². The lowest BCUT2D eigenvalue weighted by atomic mass is 9.75. The predicted octanol–water partition coefficient (Wildman–Crippen LogP) is 1.14. The van der Waals surface area contributed by atoms with E-state index < -0.39 is 38.8 Å². The number of nitrogens with two attached hydrogens (primary N) is 1. The van der Waals surface area contributed by atoms with Gasteiger partial charge in [-0.05, 0) is 36.3 Å². The van der Waals surface area contributed by atoms with Gasteiger partial charge in [-0.2, -0.15) is 0 Å². The number of carbonyl (C=O) groups is 2. The van der Waals surface area contributed by atoms with Crippen LogP contribution in [-0.2, 0) is 9.59 Å². The smallest absolute Gasteiger partial charge is 0.399 e. The second-order valence-corrected chi connectivity index (χ2v) is 5.79. The molecule has 10 heteroatoms. The second-order valence-electron chi connectivity index (χ2n) is 5.79. The SMILES string of the molecule is CC(=O)NC1=CC=C(c2ccc(N)cc2)C(C(C)=O)C1([N+](=O)[O-])[N+](=O)[O-]. The van der Waals surface area contributed by atoms with E-state index in [9.17, 15) is 29.8 Å². The van der Waals surface area contributed by atoms with E-state index in [1.807, 2.05) is 0 Å². The van der Waals surface area contributed by atoms with E-state index in [2.05, 4.69) is 5.32 Å². The molecule has 0 bridgehead atoms. The summed E-state index contributed by atoms with van der Waals surface area (Å²) in [6.45, 7) is 2.10. The Labute approximate surface area is 147 Å². The number of nitrogens with one attached hydrogen (secondary N) is 1. The first-order valence-corrected chi connectivity index (χ1v) is 7.47. The summed E-state index contributed by atoms with van der Waals surface area (Å²) in [6, 6.07) is 6.05. The van der Waals surface area contributed by atoms with Crippen LogP contribution in [0.4, 0.5) is 5.69 Å². The highest BCUT2D eigenvalue weighted by atomic mass is 16.7.